The number of benzene rings is 2. The second-order valence-corrected chi connectivity index (χ2v) is 13.7. The summed E-state index contributed by atoms with van der Waals surface area (Å²) in [6.45, 7) is 9.74. The van der Waals surface area contributed by atoms with Crippen molar-refractivity contribution in [3.05, 3.63) is 75.7 Å². The lowest BCUT2D eigenvalue weighted by Gasteiger charge is -2.48. The first-order valence-electron chi connectivity index (χ1n) is 16.7. The quantitative estimate of drug-likeness (QED) is 0.196. The third-order valence-electron chi connectivity index (χ3n) is 10.3. The molecule has 9 heteroatoms. The molecule has 0 saturated heterocycles. The van der Waals surface area contributed by atoms with Gasteiger partial charge in [-0.05, 0) is 85.6 Å². The summed E-state index contributed by atoms with van der Waals surface area (Å²) in [5.41, 5.74) is 5.73. The van der Waals surface area contributed by atoms with E-state index in [4.69, 9.17) is 4.74 Å². The van der Waals surface area contributed by atoms with Crippen LogP contribution in [0.5, 0.6) is 0 Å². The highest BCUT2D eigenvalue weighted by Gasteiger charge is 2.53. The molecule has 6 rings (SSSR count). The Kier molecular flexibility index (Phi) is 8.80. The van der Waals surface area contributed by atoms with Gasteiger partial charge >= 0.3 is 5.97 Å². The molecular weight excluding hydrogens is 564 g/mol. The number of nitrogens with one attached hydrogen (secondary N) is 1. The summed E-state index contributed by atoms with van der Waals surface area (Å²) in [5, 5.41) is 14.6. The van der Waals surface area contributed by atoms with Crippen LogP contribution in [-0.4, -0.2) is 42.6 Å². The van der Waals surface area contributed by atoms with Crippen molar-refractivity contribution in [2.75, 3.05) is 6.61 Å². The van der Waals surface area contributed by atoms with Gasteiger partial charge in [0.2, 0.25) is 5.82 Å². The SMILES string of the molecule is CCCCc1c(Cc2ccc(-c3ccccc3-c3nn[nH]n3)cc2)c(=O)n2n1C(C1(C(=O)OCC)CCC(C)(C)CC1)CCC2. The Morgan fingerprint density at radius 3 is 2.42 bits per heavy atom. The van der Waals surface area contributed by atoms with Gasteiger partial charge < -0.3 is 4.74 Å². The monoisotopic (exact) mass is 610 g/mol. The maximum atomic E-state index is 14.2. The summed E-state index contributed by atoms with van der Waals surface area (Å²) >= 11 is 0. The number of fused-ring (bicyclic) bond motifs is 1. The first kappa shape index (κ1) is 31.0. The van der Waals surface area contributed by atoms with Crippen LogP contribution in [0.25, 0.3) is 22.5 Å². The van der Waals surface area contributed by atoms with Crippen LogP contribution < -0.4 is 5.56 Å². The van der Waals surface area contributed by atoms with Gasteiger partial charge in [-0.1, -0.05) is 75.7 Å². The van der Waals surface area contributed by atoms with E-state index in [9.17, 15) is 9.59 Å². The number of aromatic nitrogens is 6. The normalized spacial score (nSPS) is 18.8. The number of nitrogens with zero attached hydrogens (tertiary/aromatic N) is 5. The number of unbranched alkanes of at least 4 members (excludes halogenated alkanes) is 1. The van der Waals surface area contributed by atoms with Crippen molar-refractivity contribution >= 4 is 5.97 Å². The van der Waals surface area contributed by atoms with Gasteiger partial charge in [0, 0.05) is 29.8 Å². The molecule has 2 aliphatic rings. The number of H-pyrrole nitrogens is 1. The van der Waals surface area contributed by atoms with Gasteiger partial charge in [0.05, 0.1) is 18.1 Å². The highest BCUT2D eigenvalue weighted by molar-refractivity contribution is 5.80. The highest BCUT2D eigenvalue weighted by Crippen LogP contribution is 2.54. The fourth-order valence-electron chi connectivity index (χ4n) is 7.61. The van der Waals surface area contributed by atoms with E-state index in [2.05, 4.69) is 76.4 Å². The van der Waals surface area contributed by atoms with E-state index in [1.165, 1.54) is 0 Å². The van der Waals surface area contributed by atoms with Crippen LogP contribution in [0.1, 0.15) is 102 Å². The van der Waals surface area contributed by atoms with Gasteiger partial charge in [-0.25, -0.2) is 4.68 Å². The molecule has 9 nitrogen and oxygen atoms in total. The average Bonchev–Trinajstić information content (AvgIpc) is 3.68. The fourth-order valence-corrected chi connectivity index (χ4v) is 7.61. The number of carbonyl (C=O) groups excluding carboxylic acids is 1. The summed E-state index contributed by atoms with van der Waals surface area (Å²) in [6.07, 6.45) is 8.75. The number of carbonyl (C=O) groups is 1. The van der Waals surface area contributed by atoms with E-state index < -0.39 is 5.41 Å². The zero-order valence-corrected chi connectivity index (χ0v) is 27.1. The Hall–Kier alpha value is -4.01. The van der Waals surface area contributed by atoms with Crippen LogP contribution in [-0.2, 0) is 28.9 Å². The average molecular weight is 611 g/mol. The van der Waals surface area contributed by atoms with Crippen molar-refractivity contribution in [1.82, 2.24) is 30.0 Å². The molecule has 1 atom stereocenters. The molecule has 0 amide bonds. The van der Waals surface area contributed by atoms with Crippen molar-refractivity contribution in [1.29, 1.82) is 0 Å². The molecule has 3 heterocycles. The molecule has 1 N–H and O–H groups in total. The molecule has 1 aliphatic carbocycles. The topological polar surface area (TPSA) is 108 Å². The molecule has 0 radical (unpaired) electrons. The molecule has 238 valence electrons. The second-order valence-electron chi connectivity index (χ2n) is 13.7. The van der Waals surface area contributed by atoms with Gasteiger partial charge in [0.15, 0.2) is 0 Å². The molecule has 1 saturated carbocycles. The molecule has 1 aliphatic heterocycles. The molecule has 1 fully saturated rings. The molecule has 0 bridgehead atoms. The van der Waals surface area contributed by atoms with Crippen LogP contribution in [0.3, 0.4) is 0 Å². The molecule has 2 aromatic heterocycles. The zero-order chi connectivity index (χ0) is 31.6. The maximum absolute atomic E-state index is 14.2. The Morgan fingerprint density at radius 2 is 1.76 bits per heavy atom. The summed E-state index contributed by atoms with van der Waals surface area (Å²) in [5.74, 6) is 0.471. The van der Waals surface area contributed by atoms with Crippen molar-refractivity contribution in [3.8, 4) is 22.5 Å². The lowest BCUT2D eigenvalue weighted by atomic mass is 9.61. The van der Waals surface area contributed by atoms with E-state index in [-0.39, 0.29) is 23.0 Å². The van der Waals surface area contributed by atoms with E-state index in [0.717, 1.165) is 91.3 Å². The zero-order valence-electron chi connectivity index (χ0n) is 27.1. The van der Waals surface area contributed by atoms with E-state index in [1.54, 1.807) is 0 Å². The Labute approximate surface area is 265 Å². The van der Waals surface area contributed by atoms with Crippen LogP contribution in [0.2, 0.25) is 0 Å². The Bertz CT molecular complexity index is 1670. The number of ether oxygens (including phenoxy) is 1. The van der Waals surface area contributed by atoms with Crippen LogP contribution in [0, 0.1) is 10.8 Å². The number of hydrogen-bond acceptors (Lipinski definition) is 6. The highest BCUT2D eigenvalue weighted by atomic mass is 16.5. The predicted molar refractivity (Wildman–Crippen MR) is 175 cm³/mol. The van der Waals surface area contributed by atoms with Crippen LogP contribution >= 0.6 is 0 Å². The number of rotatable bonds is 10. The minimum atomic E-state index is -0.606. The third-order valence-corrected chi connectivity index (χ3v) is 10.3. The summed E-state index contributed by atoms with van der Waals surface area (Å²) < 4.78 is 10.0. The van der Waals surface area contributed by atoms with E-state index in [0.29, 0.717) is 25.4 Å². The number of hydrogen-bond donors (Lipinski definition) is 1. The molecule has 4 aromatic rings. The smallest absolute Gasteiger partial charge is 0.314 e. The minimum absolute atomic E-state index is 0.0706. The van der Waals surface area contributed by atoms with Gasteiger partial charge in [-0.2, -0.15) is 5.21 Å². The molecule has 1 unspecified atom stereocenters. The lowest BCUT2D eigenvalue weighted by molar-refractivity contribution is -0.164. The van der Waals surface area contributed by atoms with E-state index in [1.807, 2.05) is 29.8 Å². The molecular formula is C36H46N6O3. The molecule has 45 heavy (non-hydrogen) atoms. The van der Waals surface area contributed by atoms with Gasteiger partial charge in [-0.3, -0.25) is 14.3 Å². The predicted octanol–water partition coefficient (Wildman–Crippen LogP) is 6.91. The Morgan fingerprint density at radius 1 is 1.02 bits per heavy atom. The molecule has 0 spiro atoms. The van der Waals surface area contributed by atoms with Gasteiger partial charge in [0.25, 0.3) is 5.56 Å². The molecule has 2 aromatic carbocycles. The van der Waals surface area contributed by atoms with Crippen molar-refractivity contribution in [3.63, 3.8) is 0 Å². The number of esters is 1. The summed E-state index contributed by atoms with van der Waals surface area (Å²) in [7, 11) is 0. The largest absolute Gasteiger partial charge is 0.466 e. The van der Waals surface area contributed by atoms with Gasteiger partial charge in [-0.15, -0.1) is 10.2 Å². The maximum Gasteiger partial charge on any atom is 0.314 e. The van der Waals surface area contributed by atoms with Crippen LogP contribution in [0.15, 0.2) is 53.3 Å². The van der Waals surface area contributed by atoms with E-state index >= 15 is 0 Å². The van der Waals surface area contributed by atoms with Crippen molar-refractivity contribution < 1.29 is 9.53 Å². The van der Waals surface area contributed by atoms with Crippen molar-refractivity contribution in [2.24, 2.45) is 10.8 Å². The van der Waals surface area contributed by atoms with Crippen molar-refractivity contribution in [2.45, 2.75) is 104 Å². The minimum Gasteiger partial charge on any atom is -0.466 e. The summed E-state index contributed by atoms with van der Waals surface area (Å²) in [4.78, 5) is 28.1. The standard InChI is InChI=1S/C36H46N6O3/c1-5-7-13-30-29(24-25-15-17-26(18-16-25)27-11-8-9-12-28(27)32-37-39-40-38-32)33(43)41-23-10-14-31(42(30)41)36(34(44)45-6-2)21-19-35(3,4)20-22-36/h8-9,11-12,15-18,31H,5-7,10,13-14,19-24H2,1-4H3,(H,37,38,39,40). The lowest BCUT2D eigenvalue weighted by Crippen LogP contribution is -2.49. The number of tetrazole rings is 1. The first-order chi connectivity index (χ1) is 21.8. The third kappa shape index (κ3) is 5.89. The van der Waals surface area contributed by atoms with Gasteiger partial charge in [0.1, 0.15) is 0 Å². The first-order valence-corrected chi connectivity index (χ1v) is 16.7. The summed E-state index contributed by atoms with van der Waals surface area (Å²) in [6, 6.07) is 16.4. The second kappa shape index (κ2) is 12.8. The fraction of sp³-hybridized carbons (Fsp3) is 0.528. The Balaban J connectivity index is 1.37. The van der Waals surface area contributed by atoms with Crippen LogP contribution in [0.4, 0.5) is 0 Å². The number of aromatic amines is 1.